The van der Waals surface area contributed by atoms with E-state index < -0.39 is 6.43 Å². The molecule has 2 rings (SSSR count). The molecule has 0 aliphatic heterocycles. The number of nitrogens with zero attached hydrogens (tertiary/aromatic N) is 1. The molecule has 0 amide bonds. The van der Waals surface area contributed by atoms with Crippen LogP contribution in [0.2, 0.25) is 0 Å². The Morgan fingerprint density at radius 2 is 2.06 bits per heavy atom. The van der Waals surface area contributed by atoms with E-state index in [1.54, 1.807) is 19.1 Å². The number of hydrogen-bond donors (Lipinski definition) is 1. The number of nitrogens with two attached hydrogens (primary N) is 1. The molecule has 0 unspecified atom stereocenters. The highest BCUT2D eigenvalue weighted by Gasteiger charge is 2.15. The van der Waals surface area contributed by atoms with Gasteiger partial charge in [-0.25, -0.2) is 13.8 Å². The minimum Gasteiger partial charge on any atom is -0.496 e. The van der Waals surface area contributed by atoms with Crippen molar-refractivity contribution >= 4 is 16.6 Å². The van der Waals surface area contributed by atoms with Crippen molar-refractivity contribution < 1.29 is 13.5 Å². The summed E-state index contributed by atoms with van der Waals surface area (Å²) in [5.41, 5.74) is 6.97. The summed E-state index contributed by atoms with van der Waals surface area (Å²) < 4.78 is 30.4. The normalized spacial score (nSPS) is 11.1. The maximum atomic E-state index is 12.6. The molecule has 0 saturated heterocycles. The Bertz CT molecular complexity index is 570. The summed E-state index contributed by atoms with van der Waals surface area (Å²) in [7, 11) is 1.50. The summed E-state index contributed by atoms with van der Waals surface area (Å²) in [4.78, 5) is 3.93. The van der Waals surface area contributed by atoms with Crippen molar-refractivity contribution in [2.24, 2.45) is 0 Å². The van der Waals surface area contributed by atoms with Crippen LogP contribution in [-0.2, 0) is 0 Å². The molecule has 0 atom stereocenters. The predicted molar refractivity (Wildman–Crippen MR) is 62.4 cm³/mol. The molecule has 5 heteroatoms. The Hall–Kier alpha value is -1.91. The molecular weight excluding hydrogens is 226 g/mol. The number of ether oxygens (including phenoxy) is 1. The van der Waals surface area contributed by atoms with Gasteiger partial charge in [-0.1, -0.05) is 6.07 Å². The lowest BCUT2D eigenvalue weighted by atomic mass is 10.1. The van der Waals surface area contributed by atoms with Gasteiger partial charge in [-0.2, -0.15) is 0 Å². The van der Waals surface area contributed by atoms with E-state index in [1.165, 1.54) is 13.2 Å². The number of aryl methyl sites for hydroxylation is 1. The first kappa shape index (κ1) is 11.6. The molecule has 2 aromatic rings. The second kappa shape index (κ2) is 4.16. The molecule has 0 aliphatic rings. The van der Waals surface area contributed by atoms with Crippen LogP contribution < -0.4 is 10.5 Å². The van der Waals surface area contributed by atoms with E-state index in [0.29, 0.717) is 16.7 Å². The minimum atomic E-state index is -2.63. The number of aromatic nitrogens is 1. The van der Waals surface area contributed by atoms with Gasteiger partial charge in [-0.3, -0.25) is 0 Å². The third kappa shape index (κ3) is 1.88. The highest BCUT2D eigenvalue weighted by Crippen LogP contribution is 2.34. The van der Waals surface area contributed by atoms with E-state index in [2.05, 4.69) is 4.98 Å². The van der Waals surface area contributed by atoms with Crippen molar-refractivity contribution in [1.29, 1.82) is 0 Å². The van der Waals surface area contributed by atoms with Crippen molar-refractivity contribution in [2.75, 3.05) is 12.8 Å². The van der Waals surface area contributed by atoms with Crippen LogP contribution in [0.3, 0.4) is 0 Å². The summed E-state index contributed by atoms with van der Waals surface area (Å²) in [5.74, 6) is 0.538. The monoisotopic (exact) mass is 238 g/mol. The molecule has 0 aliphatic carbocycles. The van der Waals surface area contributed by atoms with Crippen LogP contribution in [0, 0.1) is 6.92 Å². The molecule has 1 heterocycles. The standard InChI is InChI=1S/C12H12F2N2O/c1-6-3-4-9(17-2)10-7(15)5-8(12(13)14)16-11(6)10/h3-5,12H,1-2H3,(H2,15,16). The first-order valence-electron chi connectivity index (χ1n) is 5.06. The summed E-state index contributed by atoms with van der Waals surface area (Å²) in [6.45, 7) is 1.80. The highest BCUT2D eigenvalue weighted by atomic mass is 19.3. The van der Waals surface area contributed by atoms with Gasteiger partial charge in [-0.15, -0.1) is 0 Å². The number of halogens is 2. The fourth-order valence-electron chi connectivity index (χ4n) is 1.77. The number of pyridine rings is 1. The molecular formula is C12H12F2N2O. The van der Waals surface area contributed by atoms with Crippen LogP contribution in [-0.4, -0.2) is 12.1 Å². The smallest absolute Gasteiger partial charge is 0.280 e. The summed E-state index contributed by atoms with van der Waals surface area (Å²) in [6, 6.07) is 4.70. The number of anilines is 1. The van der Waals surface area contributed by atoms with Crippen LogP contribution in [0.5, 0.6) is 5.75 Å². The SMILES string of the molecule is COc1ccc(C)c2nc(C(F)F)cc(N)c12. The van der Waals surface area contributed by atoms with Gasteiger partial charge >= 0.3 is 0 Å². The highest BCUT2D eigenvalue weighted by molar-refractivity contribution is 5.97. The van der Waals surface area contributed by atoms with Gasteiger partial charge < -0.3 is 10.5 Å². The third-order valence-electron chi connectivity index (χ3n) is 2.62. The molecule has 90 valence electrons. The Balaban J connectivity index is 2.84. The van der Waals surface area contributed by atoms with Gasteiger partial charge in [0.2, 0.25) is 0 Å². The number of nitrogen functional groups attached to an aromatic ring is 1. The lowest BCUT2D eigenvalue weighted by Gasteiger charge is -2.11. The minimum absolute atomic E-state index is 0.255. The second-order valence-electron chi connectivity index (χ2n) is 3.75. The van der Waals surface area contributed by atoms with Gasteiger partial charge in [-0.05, 0) is 24.6 Å². The van der Waals surface area contributed by atoms with Crippen molar-refractivity contribution in [3.63, 3.8) is 0 Å². The molecule has 0 saturated carbocycles. The predicted octanol–water partition coefficient (Wildman–Crippen LogP) is 3.07. The number of methoxy groups -OCH3 is 1. The molecule has 1 aromatic heterocycles. The van der Waals surface area contributed by atoms with Gasteiger partial charge in [0.25, 0.3) is 6.43 Å². The topological polar surface area (TPSA) is 48.1 Å². The number of hydrogen-bond acceptors (Lipinski definition) is 3. The summed E-state index contributed by atoms with van der Waals surface area (Å²) in [6.07, 6.45) is -2.63. The van der Waals surface area contributed by atoms with Crippen LogP contribution >= 0.6 is 0 Å². The average molecular weight is 238 g/mol. The molecule has 3 nitrogen and oxygen atoms in total. The zero-order valence-corrected chi connectivity index (χ0v) is 9.50. The van der Waals surface area contributed by atoms with E-state index in [1.807, 2.05) is 0 Å². The summed E-state index contributed by atoms with van der Waals surface area (Å²) in [5, 5.41) is 0.580. The van der Waals surface area contributed by atoms with Gasteiger partial charge in [0, 0.05) is 5.69 Å². The quantitative estimate of drug-likeness (QED) is 0.874. The van der Waals surface area contributed by atoms with Gasteiger partial charge in [0.15, 0.2) is 0 Å². The Labute approximate surface area is 97.2 Å². The number of benzene rings is 1. The van der Waals surface area contributed by atoms with E-state index in [-0.39, 0.29) is 11.4 Å². The molecule has 0 radical (unpaired) electrons. The largest absolute Gasteiger partial charge is 0.496 e. The van der Waals surface area contributed by atoms with Gasteiger partial charge in [0.05, 0.1) is 18.0 Å². The van der Waals surface area contributed by atoms with E-state index >= 15 is 0 Å². The second-order valence-corrected chi connectivity index (χ2v) is 3.75. The van der Waals surface area contributed by atoms with Crippen molar-refractivity contribution in [3.8, 4) is 5.75 Å². The Morgan fingerprint density at radius 3 is 2.65 bits per heavy atom. The van der Waals surface area contributed by atoms with E-state index in [9.17, 15) is 8.78 Å². The number of fused-ring (bicyclic) bond motifs is 1. The maximum absolute atomic E-state index is 12.6. The van der Waals surface area contributed by atoms with Crippen molar-refractivity contribution in [1.82, 2.24) is 4.98 Å². The third-order valence-corrected chi connectivity index (χ3v) is 2.62. The van der Waals surface area contributed by atoms with Gasteiger partial charge in [0.1, 0.15) is 11.4 Å². The lowest BCUT2D eigenvalue weighted by molar-refractivity contribution is 0.146. The molecule has 17 heavy (non-hydrogen) atoms. The maximum Gasteiger partial charge on any atom is 0.280 e. The lowest BCUT2D eigenvalue weighted by Crippen LogP contribution is -1.99. The van der Waals surface area contributed by atoms with Crippen LogP contribution in [0.15, 0.2) is 18.2 Å². The number of alkyl halides is 2. The van der Waals surface area contributed by atoms with Crippen LogP contribution in [0.25, 0.3) is 10.9 Å². The van der Waals surface area contributed by atoms with E-state index in [4.69, 9.17) is 10.5 Å². The zero-order chi connectivity index (χ0) is 12.6. The molecule has 0 bridgehead atoms. The zero-order valence-electron chi connectivity index (χ0n) is 9.50. The molecule has 2 N–H and O–H groups in total. The van der Waals surface area contributed by atoms with Crippen LogP contribution in [0.1, 0.15) is 17.7 Å². The average Bonchev–Trinajstić information content (AvgIpc) is 2.30. The molecule has 0 spiro atoms. The first-order valence-corrected chi connectivity index (χ1v) is 5.06. The van der Waals surface area contributed by atoms with E-state index in [0.717, 1.165) is 5.56 Å². The fraction of sp³-hybridized carbons (Fsp3) is 0.250. The fourth-order valence-corrected chi connectivity index (χ4v) is 1.77. The first-order chi connectivity index (χ1) is 8.04. The van der Waals surface area contributed by atoms with Crippen molar-refractivity contribution in [3.05, 3.63) is 29.5 Å². The Morgan fingerprint density at radius 1 is 1.35 bits per heavy atom. The molecule has 1 aromatic carbocycles. The molecule has 0 fully saturated rings. The summed E-state index contributed by atoms with van der Waals surface area (Å²) >= 11 is 0. The van der Waals surface area contributed by atoms with Crippen LogP contribution in [0.4, 0.5) is 14.5 Å². The Kier molecular flexibility index (Phi) is 2.83. The number of rotatable bonds is 2. The van der Waals surface area contributed by atoms with Crippen molar-refractivity contribution in [2.45, 2.75) is 13.3 Å².